The van der Waals surface area contributed by atoms with E-state index in [-0.39, 0.29) is 0 Å². The molecule has 1 aliphatic heterocycles. The Kier molecular flexibility index (Phi) is 6.33. The normalized spacial score (nSPS) is 15.1. The van der Waals surface area contributed by atoms with Gasteiger partial charge in [-0.2, -0.15) is 5.10 Å². The Morgan fingerprint density at radius 3 is 2.64 bits per heavy atom. The first kappa shape index (κ1) is 19.5. The van der Waals surface area contributed by atoms with Crippen LogP contribution < -0.4 is 9.47 Å². The van der Waals surface area contributed by atoms with Gasteiger partial charge in [-0.15, -0.1) is 0 Å². The van der Waals surface area contributed by atoms with E-state index in [4.69, 9.17) is 18.9 Å². The minimum absolute atomic E-state index is 0.297. The molecule has 0 saturated carbocycles. The molecule has 1 aliphatic rings. The van der Waals surface area contributed by atoms with Crippen molar-refractivity contribution in [3.8, 4) is 17.2 Å². The molecule has 2 aromatic carbocycles. The molecule has 0 aliphatic carbocycles. The summed E-state index contributed by atoms with van der Waals surface area (Å²) >= 11 is 2.29. The monoisotopic (exact) mass is 494 g/mol. The van der Waals surface area contributed by atoms with Crippen molar-refractivity contribution in [2.45, 2.75) is 18.9 Å². The van der Waals surface area contributed by atoms with Gasteiger partial charge in [-0.25, -0.2) is 0 Å². The number of halogens is 1. The van der Waals surface area contributed by atoms with E-state index in [1.54, 1.807) is 0 Å². The molecule has 7 heteroatoms. The lowest BCUT2D eigenvalue weighted by Gasteiger charge is -2.22. The standard InChI is InChI=1S/C21H23IN2O4/c1-24-21-15(14-23-24)12-16(22)13-20(21)28-19-4-2-17(3-5-19)26-10-11-27-18-6-8-25-9-7-18/h2-5,12-14,18H,6-11H2,1H3. The van der Waals surface area contributed by atoms with E-state index in [1.165, 1.54) is 0 Å². The van der Waals surface area contributed by atoms with E-state index in [0.717, 1.165) is 57.8 Å². The molecule has 1 fully saturated rings. The van der Waals surface area contributed by atoms with Gasteiger partial charge in [0.2, 0.25) is 0 Å². The quantitative estimate of drug-likeness (QED) is 0.357. The largest absolute Gasteiger partial charge is 0.491 e. The summed E-state index contributed by atoms with van der Waals surface area (Å²) in [5, 5.41) is 5.39. The fourth-order valence-electron chi connectivity index (χ4n) is 3.27. The first-order valence-corrected chi connectivity index (χ1v) is 10.5. The number of aryl methyl sites for hydroxylation is 1. The van der Waals surface area contributed by atoms with Crippen molar-refractivity contribution in [2.24, 2.45) is 7.05 Å². The highest BCUT2D eigenvalue weighted by Crippen LogP contribution is 2.32. The molecule has 2 heterocycles. The van der Waals surface area contributed by atoms with Crippen molar-refractivity contribution in [2.75, 3.05) is 26.4 Å². The minimum atomic E-state index is 0.297. The molecule has 0 atom stereocenters. The first-order valence-electron chi connectivity index (χ1n) is 9.40. The Morgan fingerprint density at radius 1 is 1.11 bits per heavy atom. The van der Waals surface area contributed by atoms with E-state index < -0.39 is 0 Å². The predicted molar refractivity (Wildman–Crippen MR) is 115 cm³/mol. The molecule has 0 spiro atoms. The average Bonchev–Trinajstić information content (AvgIpc) is 3.08. The summed E-state index contributed by atoms with van der Waals surface area (Å²) in [5.74, 6) is 2.35. The van der Waals surface area contributed by atoms with Crippen molar-refractivity contribution < 1.29 is 18.9 Å². The van der Waals surface area contributed by atoms with Crippen LogP contribution in [0.15, 0.2) is 42.6 Å². The zero-order valence-electron chi connectivity index (χ0n) is 15.8. The second kappa shape index (κ2) is 9.11. The summed E-state index contributed by atoms with van der Waals surface area (Å²) in [4.78, 5) is 0. The molecule has 0 N–H and O–H groups in total. The maximum Gasteiger partial charge on any atom is 0.154 e. The molecular formula is C21H23IN2O4. The molecule has 148 valence electrons. The van der Waals surface area contributed by atoms with Gasteiger partial charge in [-0.05, 0) is 71.8 Å². The lowest BCUT2D eigenvalue weighted by Crippen LogP contribution is -2.25. The highest BCUT2D eigenvalue weighted by atomic mass is 127. The summed E-state index contributed by atoms with van der Waals surface area (Å²) in [6.45, 7) is 2.70. The molecule has 0 unspecified atom stereocenters. The van der Waals surface area contributed by atoms with Crippen LogP contribution in [0.4, 0.5) is 0 Å². The number of benzene rings is 2. The molecule has 1 saturated heterocycles. The third-order valence-electron chi connectivity index (χ3n) is 4.69. The van der Waals surface area contributed by atoms with Crippen molar-refractivity contribution in [3.05, 3.63) is 46.2 Å². The summed E-state index contributed by atoms with van der Waals surface area (Å²) < 4.78 is 26.0. The molecule has 28 heavy (non-hydrogen) atoms. The predicted octanol–water partition coefficient (Wildman–Crippen LogP) is 4.54. The molecule has 6 nitrogen and oxygen atoms in total. The Hall–Kier alpha value is -1.84. The van der Waals surface area contributed by atoms with Crippen LogP contribution in [0.1, 0.15) is 12.8 Å². The molecule has 1 aromatic heterocycles. The van der Waals surface area contributed by atoms with E-state index in [0.29, 0.717) is 19.3 Å². The Bertz CT molecular complexity index is 920. The van der Waals surface area contributed by atoms with Gasteiger partial charge in [0.05, 0.1) is 18.9 Å². The van der Waals surface area contributed by atoms with Crippen molar-refractivity contribution in [1.82, 2.24) is 9.78 Å². The number of hydrogen-bond acceptors (Lipinski definition) is 5. The van der Waals surface area contributed by atoms with Gasteiger partial charge in [-0.3, -0.25) is 4.68 Å². The molecule has 0 radical (unpaired) electrons. The van der Waals surface area contributed by atoms with Gasteiger partial charge in [0.15, 0.2) is 5.75 Å². The Balaban J connectivity index is 1.33. The average molecular weight is 494 g/mol. The molecule has 3 aromatic rings. The van der Waals surface area contributed by atoms with Gasteiger partial charge in [-0.1, -0.05) is 0 Å². The SMILES string of the molecule is Cn1ncc2cc(I)cc(Oc3ccc(OCCOC4CCOCC4)cc3)c21. The van der Waals surface area contributed by atoms with Crippen LogP contribution in [-0.4, -0.2) is 42.3 Å². The topological polar surface area (TPSA) is 54.7 Å². The van der Waals surface area contributed by atoms with Crippen LogP contribution in [0.2, 0.25) is 0 Å². The summed E-state index contributed by atoms with van der Waals surface area (Å²) in [5.41, 5.74) is 0.978. The van der Waals surface area contributed by atoms with E-state index in [1.807, 2.05) is 48.3 Å². The van der Waals surface area contributed by atoms with Crippen LogP contribution in [0.5, 0.6) is 17.2 Å². The molecule has 0 bridgehead atoms. The van der Waals surface area contributed by atoms with E-state index in [2.05, 4.69) is 33.8 Å². The first-order chi connectivity index (χ1) is 13.7. The third kappa shape index (κ3) is 4.76. The third-order valence-corrected chi connectivity index (χ3v) is 5.31. The van der Waals surface area contributed by atoms with Crippen molar-refractivity contribution >= 4 is 33.5 Å². The number of hydrogen-bond donors (Lipinski definition) is 0. The van der Waals surface area contributed by atoms with Crippen LogP contribution in [0.25, 0.3) is 10.9 Å². The fourth-order valence-corrected chi connectivity index (χ4v) is 3.89. The number of aromatic nitrogens is 2. The Morgan fingerprint density at radius 2 is 1.86 bits per heavy atom. The van der Waals surface area contributed by atoms with Crippen molar-refractivity contribution in [1.29, 1.82) is 0 Å². The van der Waals surface area contributed by atoms with Crippen LogP contribution in [0.3, 0.4) is 0 Å². The number of rotatable bonds is 7. The smallest absolute Gasteiger partial charge is 0.154 e. The van der Waals surface area contributed by atoms with Crippen LogP contribution >= 0.6 is 22.6 Å². The highest BCUT2D eigenvalue weighted by Gasteiger charge is 2.14. The van der Waals surface area contributed by atoms with Gasteiger partial charge < -0.3 is 18.9 Å². The zero-order valence-corrected chi connectivity index (χ0v) is 17.9. The summed E-state index contributed by atoms with van der Waals surface area (Å²) in [6, 6.07) is 11.8. The maximum atomic E-state index is 6.11. The van der Waals surface area contributed by atoms with Gasteiger partial charge in [0.1, 0.15) is 23.6 Å². The maximum absolute atomic E-state index is 6.11. The number of fused-ring (bicyclic) bond motifs is 1. The number of nitrogens with zero attached hydrogens (tertiary/aromatic N) is 2. The van der Waals surface area contributed by atoms with Gasteiger partial charge >= 0.3 is 0 Å². The Labute approximate surface area is 177 Å². The van der Waals surface area contributed by atoms with E-state index >= 15 is 0 Å². The van der Waals surface area contributed by atoms with Crippen molar-refractivity contribution in [3.63, 3.8) is 0 Å². The second-order valence-electron chi connectivity index (χ2n) is 6.71. The lowest BCUT2D eigenvalue weighted by molar-refractivity contribution is -0.0388. The van der Waals surface area contributed by atoms with Crippen LogP contribution in [-0.2, 0) is 16.5 Å². The van der Waals surface area contributed by atoms with E-state index in [9.17, 15) is 0 Å². The highest BCUT2D eigenvalue weighted by molar-refractivity contribution is 14.1. The molecular weight excluding hydrogens is 471 g/mol. The summed E-state index contributed by atoms with van der Waals surface area (Å²) in [7, 11) is 1.92. The fraction of sp³-hybridized carbons (Fsp3) is 0.381. The molecule has 4 rings (SSSR count). The lowest BCUT2D eigenvalue weighted by atomic mass is 10.2. The van der Waals surface area contributed by atoms with Gasteiger partial charge in [0, 0.05) is 29.2 Å². The second-order valence-corrected chi connectivity index (χ2v) is 7.96. The summed E-state index contributed by atoms with van der Waals surface area (Å²) in [6.07, 6.45) is 4.08. The molecule has 0 amide bonds. The minimum Gasteiger partial charge on any atom is -0.491 e. The number of ether oxygens (including phenoxy) is 4. The van der Waals surface area contributed by atoms with Gasteiger partial charge in [0.25, 0.3) is 0 Å². The zero-order chi connectivity index (χ0) is 19.3. The van der Waals surface area contributed by atoms with Crippen LogP contribution in [0, 0.1) is 3.57 Å².